The predicted octanol–water partition coefficient (Wildman–Crippen LogP) is 5.70. The highest BCUT2D eigenvalue weighted by Crippen LogP contribution is 2.20. The van der Waals surface area contributed by atoms with Gasteiger partial charge in [0.2, 0.25) is 0 Å². The van der Waals surface area contributed by atoms with Gasteiger partial charge in [-0.15, -0.1) is 0 Å². The van der Waals surface area contributed by atoms with E-state index in [1.165, 1.54) is 0 Å². The molecule has 0 aliphatic carbocycles. The van der Waals surface area contributed by atoms with Crippen molar-refractivity contribution >= 4 is 12.1 Å². The summed E-state index contributed by atoms with van der Waals surface area (Å²) < 4.78 is 5.92. The first kappa shape index (κ1) is 20.1. The molecule has 0 atom stereocenters. The van der Waals surface area contributed by atoms with Gasteiger partial charge >= 0.3 is 0 Å². The number of nitrogens with zero attached hydrogens (tertiary/aromatic N) is 1. The fourth-order valence-electron chi connectivity index (χ4n) is 3.12. The zero-order valence-corrected chi connectivity index (χ0v) is 16.9. The number of rotatable bonds is 7. The van der Waals surface area contributed by atoms with Crippen LogP contribution in [0.25, 0.3) is 11.1 Å². The average Bonchev–Trinajstić information content (AvgIpc) is 2.84. The number of carbonyl (C=O) groups is 1. The molecular formula is C27H22N2O2. The molecule has 4 aromatic rings. The van der Waals surface area contributed by atoms with E-state index >= 15 is 0 Å². The topological polar surface area (TPSA) is 50.7 Å². The van der Waals surface area contributed by atoms with E-state index < -0.39 is 0 Å². The number of carbonyl (C=O) groups excluding carboxylic acids is 1. The Hall–Kier alpha value is -4.18. The number of hydrogen-bond donors (Lipinski definition) is 1. The molecular weight excluding hydrogens is 384 g/mol. The molecule has 1 N–H and O–H groups in total. The summed E-state index contributed by atoms with van der Waals surface area (Å²) in [5, 5.41) is 4.11. The summed E-state index contributed by atoms with van der Waals surface area (Å²) in [6.07, 6.45) is 1.59. The zero-order chi connectivity index (χ0) is 21.3. The molecule has 4 rings (SSSR count). The molecule has 4 heteroatoms. The van der Waals surface area contributed by atoms with Gasteiger partial charge in [-0.2, -0.15) is 5.10 Å². The van der Waals surface area contributed by atoms with E-state index in [0.717, 1.165) is 22.3 Å². The largest absolute Gasteiger partial charge is 0.488 e. The van der Waals surface area contributed by atoms with Crippen LogP contribution in [0.15, 0.2) is 114 Å². The highest BCUT2D eigenvalue weighted by Gasteiger charge is 2.06. The Bertz CT molecular complexity index is 1150. The molecule has 0 bridgehead atoms. The van der Waals surface area contributed by atoms with E-state index in [1.807, 2.05) is 97.1 Å². The molecule has 0 aliphatic heterocycles. The molecule has 0 saturated heterocycles. The molecule has 0 aromatic heterocycles. The van der Waals surface area contributed by atoms with Crippen LogP contribution in [-0.2, 0) is 6.61 Å². The molecule has 31 heavy (non-hydrogen) atoms. The first-order valence-corrected chi connectivity index (χ1v) is 10.0. The molecule has 0 unspecified atom stereocenters. The molecule has 152 valence electrons. The highest BCUT2D eigenvalue weighted by molar-refractivity contribution is 5.95. The van der Waals surface area contributed by atoms with Crippen LogP contribution in [0.3, 0.4) is 0 Å². The van der Waals surface area contributed by atoms with Crippen LogP contribution >= 0.6 is 0 Å². The minimum absolute atomic E-state index is 0.265. The van der Waals surface area contributed by atoms with E-state index in [0.29, 0.717) is 17.9 Å². The molecule has 0 fully saturated rings. The molecule has 0 radical (unpaired) electrons. The lowest BCUT2D eigenvalue weighted by molar-refractivity contribution is 0.0955. The second-order valence-corrected chi connectivity index (χ2v) is 6.95. The number of hydrogen-bond acceptors (Lipinski definition) is 3. The van der Waals surface area contributed by atoms with Crippen molar-refractivity contribution < 1.29 is 9.53 Å². The Morgan fingerprint density at radius 3 is 2.10 bits per heavy atom. The Balaban J connectivity index is 1.38. The second-order valence-electron chi connectivity index (χ2n) is 6.95. The summed E-state index contributed by atoms with van der Waals surface area (Å²) in [6, 6.07) is 35.0. The molecule has 1 amide bonds. The van der Waals surface area contributed by atoms with Crippen molar-refractivity contribution in [3.8, 4) is 16.9 Å². The van der Waals surface area contributed by atoms with Gasteiger partial charge in [0.1, 0.15) is 12.4 Å². The number of nitrogens with one attached hydrogen (secondary N) is 1. The number of amides is 1. The van der Waals surface area contributed by atoms with Crippen LogP contribution < -0.4 is 10.2 Å². The Kier molecular flexibility index (Phi) is 6.51. The van der Waals surface area contributed by atoms with Crippen molar-refractivity contribution in [2.75, 3.05) is 0 Å². The maximum Gasteiger partial charge on any atom is 0.271 e. The minimum atomic E-state index is -0.265. The van der Waals surface area contributed by atoms with Crippen LogP contribution in [0.5, 0.6) is 5.75 Å². The fraction of sp³-hybridized carbons (Fsp3) is 0.0370. The molecule has 4 aromatic carbocycles. The average molecular weight is 406 g/mol. The number of benzene rings is 4. The molecule has 0 aliphatic rings. The van der Waals surface area contributed by atoms with E-state index in [9.17, 15) is 4.79 Å². The van der Waals surface area contributed by atoms with Crippen LogP contribution in [0.1, 0.15) is 21.5 Å². The van der Waals surface area contributed by atoms with Gasteiger partial charge in [0.15, 0.2) is 0 Å². The summed E-state index contributed by atoms with van der Waals surface area (Å²) in [5.41, 5.74) is 7.18. The van der Waals surface area contributed by atoms with Gasteiger partial charge in [-0.3, -0.25) is 4.79 Å². The van der Waals surface area contributed by atoms with Gasteiger partial charge in [0.05, 0.1) is 6.21 Å². The van der Waals surface area contributed by atoms with Gasteiger partial charge in [-0.25, -0.2) is 5.43 Å². The SMILES string of the molecule is O=C(N/N=C/c1ccccc1OCc1ccccc1)c1ccc(-c2ccccc2)cc1. The van der Waals surface area contributed by atoms with Crippen molar-refractivity contribution in [2.45, 2.75) is 6.61 Å². The Labute approximate surface area is 181 Å². The number of ether oxygens (including phenoxy) is 1. The lowest BCUT2D eigenvalue weighted by Crippen LogP contribution is -2.17. The van der Waals surface area contributed by atoms with Gasteiger partial charge in [0.25, 0.3) is 5.91 Å². The first-order chi connectivity index (χ1) is 15.3. The lowest BCUT2D eigenvalue weighted by atomic mass is 10.0. The molecule has 4 nitrogen and oxygen atoms in total. The maximum absolute atomic E-state index is 12.4. The van der Waals surface area contributed by atoms with Gasteiger partial charge in [-0.05, 0) is 41.0 Å². The first-order valence-electron chi connectivity index (χ1n) is 10.0. The van der Waals surface area contributed by atoms with Crippen molar-refractivity contribution in [3.05, 3.63) is 126 Å². The van der Waals surface area contributed by atoms with Crippen LogP contribution in [0.2, 0.25) is 0 Å². The Morgan fingerprint density at radius 1 is 0.742 bits per heavy atom. The van der Waals surface area contributed by atoms with E-state index in [2.05, 4.69) is 10.5 Å². The second kappa shape index (κ2) is 10.0. The summed E-state index contributed by atoms with van der Waals surface area (Å²) in [6.45, 7) is 0.464. The maximum atomic E-state index is 12.4. The smallest absolute Gasteiger partial charge is 0.271 e. The normalized spacial score (nSPS) is 10.7. The zero-order valence-electron chi connectivity index (χ0n) is 16.9. The fourth-order valence-corrected chi connectivity index (χ4v) is 3.12. The van der Waals surface area contributed by atoms with Crippen molar-refractivity contribution in [1.29, 1.82) is 0 Å². The third kappa shape index (κ3) is 5.46. The van der Waals surface area contributed by atoms with Crippen LogP contribution in [0.4, 0.5) is 0 Å². The third-order valence-corrected chi connectivity index (χ3v) is 4.78. The lowest BCUT2D eigenvalue weighted by Gasteiger charge is -2.09. The quantitative estimate of drug-likeness (QED) is 0.316. The molecule has 0 spiro atoms. The summed E-state index contributed by atoms with van der Waals surface area (Å²) in [7, 11) is 0. The third-order valence-electron chi connectivity index (χ3n) is 4.78. The number of hydrazone groups is 1. The van der Waals surface area contributed by atoms with Crippen molar-refractivity contribution in [3.63, 3.8) is 0 Å². The predicted molar refractivity (Wildman–Crippen MR) is 124 cm³/mol. The summed E-state index contributed by atoms with van der Waals surface area (Å²) in [4.78, 5) is 12.4. The number of para-hydroxylation sites is 1. The van der Waals surface area contributed by atoms with E-state index in [-0.39, 0.29) is 5.91 Å². The van der Waals surface area contributed by atoms with Crippen LogP contribution in [0, 0.1) is 0 Å². The highest BCUT2D eigenvalue weighted by atomic mass is 16.5. The van der Waals surface area contributed by atoms with Gasteiger partial charge < -0.3 is 4.74 Å². The van der Waals surface area contributed by atoms with Crippen molar-refractivity contribution in [1.82, 2.24) is 5.43 Å². The monoisotopic (exact) mass is 406 g/mol. The van der Waals surface area contributed by atoms with E-state index in [1.54, 1.807) is 18.3 Å². The minimum Gasteiger partial charge on any atom is -0.488 e. The van der Waals surface area contributed by atoms with Crippen LogP contribution in [-0.4, -0.2) is 12.1 Å². The molecule has 0 heterocycles. The van der Waals surface area contributed by atoms with Gasteiger partial charge in [-0.1, -0.05) is 84.9 Å². The van der Waals surface area contributed by atoms with E-state index in [4.69, 9.17) is 4.74 Å². The van der Waals surface area contributed by atoms with Gasteiger partial charge in [0, 0.05) is 11.1 Å². The summed E-state index contributed by atoms with van der Waals surface area (Å²) >= 11 is 0. The van der Waals surface area contributed by atoms with Crippen molar-refractivity contribution in [2.24, 2.45) is 5.10 Å². The molecule has 0 saturated carbocycles. The summed E-state index contributed by atoms with van der Waals surface area (Å²) in [5.74, 6) is 0.440. The standard InChI is InChI=1S/C27H22N2O2/c30-27(24-17-15-23(16-18-24)22-11-5-2-6-12-22)29-28-19-25-13-7-8-14-26(25)31-20-21-9-3-1-4-10-21/h1-19H,20H2,(H,29,30)/b28-19+. The Morgan fingerprint density at radius 2 is 1.35 bits per heavy atom.